The van der Waals surface area contributed by atoms with Crippen molar-refractivity contribution in [3.05, 3.63) is 64.7 Å². The second-order valence-corrected chi connectivity index (χ2v) is 16.0. The van der Waals surface area contributed by atoms with Gasteiger partial charge in [0.25, 0.3) is 0 Å². The molecule has 0 unspecified atom stereocenters. The largest absolute Gasteiger partial charge is 0.508 e. The molecule has 7 heteroatoms. The Morgan fingerprint density at radius 3 is 2.29 bits per heavy atom. The maximum Gasteiger partial charge on any atom is 0.307 e. The molecule has 1 atom stereocenters. The van der Waals surface area contributed by atoms with Crippen LogP contribution in [0.3, 0.4) is 0 Å². The smallest absolute Gasteiger partial charge is 0.307 e. The van der Waals surface area contributed by atoms with Crippen LogP contribution in [0.5, 0.6) is 5.75 Å². The lowest BCUT2D eigenvalue weighted by Crippen LogP contribution is -2.47. The fourth-order valence-electron chi connectivity index (χ4n) is 3.66. The SMILES string of the molecule is CC(C)(Cc1cccc(CC(=O)O)c1)NC[C@@H](O[Si](C)(C)C(C)(C)C)c1ccc(O)c(CO)c1. The number of hydrogen-bond acceptors (Lipinski definition) is 5. The van der Waals surface area contributed by atoms with Crippen LogP contribution in [0.25, 0.3) is 0 Å². The Hall–Kier alpha value is -2.19. The topological polar surface area (TPSA) is 99.0 Å². The Bertz CT molecular complexity index is 981. The minimum Gasteiger partial charge on any atom is -0.508 e. The number of phenols is 1. The van der Waals surface area contributed by atoms with Gasteiger partial charge in [0.05, 0.1) is 19.1 Å². The molecule has 0 aliphatic carbocycles. The van der Waals surface area contributed by atoms with E-state index >= 15 is 0 Å². The predicted octanol–water partition coefficient (Wildman–Crippen LogP) is 5.19. The molecule has 0 radical (unpaired) electrons. The second-order valence-electron chi connectivity index (χ2n) is 11.2. The Kier molecular flexibility index (Phi) is 9.10. The molecule has 34 heavy (non-hydrogen) atoms. The Labute approximate surface area is 205 Å². The maximum atomic E-state index is 11.1. The number of aliphatic carboxylic acids is 1. The molecule has 0 aliphatic heterocycles. The number of hydrogen-bond donors (Lipinski definition) is 4. The number of carbonyl (C=O) groups is 1. The first-order chi connectivity index (χ1) is 15.6. The zero-order valence-electron chi connectivity index (χ0n) is 21.6. The van der Waals surface area contributed by atoms with Gasteiger partial charge in [0.2, 0.25) is 0 Å². The van der Waals surface area contributed by atoms with Crippen LogP contribution < -0.4 is 5.32 Å². The third-order valence-electron chi connectivity index (χ3n) is 6.65. The summed E-state index contributed by atoms with van der Waals surface area (Å²) in [7, 11) is -2.11. The molecular weight excluding hydrogens is 446 g/mol. The standard InChI is InChI=1S/C27H41NO5Si/c1-26(2,3)34(6,7)33-24(21-11-12-23(30)22(15-21)18-29)17-28-27(4,5)16-20-10-8-9-19(13-20)14-25(31)32/h8-13,15,24,28-30H,14,16-18H2,1-7H3,(H,31,32)/t24-/m1/s1. The zero-order chi connectivity index (χ0) is 25.7. The van der Waals surface area contributed by atoms with Gasteiger partial charge in [0.15, 0.2) is 8.32 Å². The molecule has 0 bridgehead atoms. The van der Waals surface area contributed by atoms with Crippen molar-refractivity contribution >= 4 is 14.3 Å². The molecule has 2 rings (SSSR count). The summed E-state index contributed by atoms with van der Waals surface area (Å²) in [6.07, 6.45) is 0.493. The van der Waals surface area contributed by atoms with Crippen LogP contribution in [0, 0.1) is 0 Å². The first kappa shape index (κ1) is 28.0. The molecule has 0 spiro atoms. The van der Waals surface area contributed by atoms with Gasteiger partial charge in [-0.3, -0.25) is 4.79 Å². The van der Waals surface area contributed by atoms with Gasteiger partial charge in [0.1, 0.15) is 5.75 Å². The van der Waals surface area contributed by atoms with Crippen LogP contribution in [0.2, 0.25) is 18.1 Å². The number of carboxylic acids is 1. The highest BCUT2D eigenvalue weighted by Gasteiger charge is 2.39. The molecule has 0 aliphatic rings. The number of rotatable bonds is 11. The van der Waals surface area contributed by atoms with Gasteiger partial charge < -0.3 is 25.1 Å². The molecule has 0 aromatic heterocycles. The number of aromatic hydroxyl groups is 1. The molecule has 0 saturated heterocycles. The van der Waals surface area contributed by atoms with Crippen LogP contribution in [0.4, 0.5) is 0 Å². The van der Waals surface area contributed by atoms with E-state index in [9.17, 15) is 15.0 Å². The third kappa shape index (κ3) is 7.94. The van der Waals surface area contributed by atoms with Gasteiger partial charge in [-0.15, -0.1) is 0 Å². The van der Waals surface area contributed by atoms with Gasteiger partial charge in [-0.05, 0) is 67.2 Å². The maximum absolute atomic E-state index is 11.1. The zero-order valence-corrected chi connectivity index (χ0v) is 22.6. The highest BCUT2D eigenvalue weighted by molar-refractivity contribution is 6.74. The predicted molar refractivity (Wildman–Crippen MR) is 139 cm³/mol. The summed E-state index contributed by atoms with van der Waals surface area (Å²) in [6.45, 7) is 15.6. The fourth-order valence-corrected chi connectivity index (χ4v) is 4.94. The van der Waals surface area contributed by atoms with Gasteiger partial charge in [0, 0.05) is 17.6 Å². The molecule has 6 nitrogen and oxygen atoms in total. The molecule has 4 N–H and O–H groups in total. The van der Waals surface area contributed by atoms with Crippen molar-refractivity contribution in [3.63, 3.8) is 0 Å². The van der Waals surface area contributed by atoms with E-state index in [1.165, 1.54) is 0 Å². The Morgan fingerprint density at radius 2 is 1.71 bits per heavy atom. The summed E-state index contributed by atoms with van der Waals surface area (Å²) in [5, 5.41) is 32.4. The summed E-state index contributed by atoms with van der Waals surface area (Å²) < 4.78 is 6.78. The van der Waals surface area contributed by atoms with Gasteiger partial charge in [-0.25, -0.2) is 0 Å². The van der Waals surface area contributed by atoms with Crippen LogP contribution in [0.15, 0.2) is 42.5 Å². The lowest BCUT2D eigenvalue weighted by molar-refractivity contribution is -0.136. The summed E-state index contributed by atoms with van der Waals surface area (Å²) in [5.74, 6) is -0.761. The number of carboxylic acid groups (broad SMARTS) is 1. The number of aliphatic hydroxyl groups is 1. The molecular formula is C27H41NO5Si. The van der Waals surface area contributed by atoms with Crippen molar-refractivity contribution in [2.45, 2.75) is 83.8 Å². The number of aliphatic hydroxyl groups excluding tert-OH is 1. The molecule has 2 aromatic carbocycles. The number of nitrogens with one attached hydrogen (secondary N) is 1. The van der Waals surface area contributed by atoms with Crippen molar-refractivity contribution in [2.75, 3.05) is 6.54 Å². The van der Waals surface area contributed by atoms with Gasteiger partial charge in [-0.1, -0.05) is 51.1 Å². The van der Waals surface area contributed by atoms with E-state index in [0.29, 0.717) is 12.1 Å². The molecule has 188 valence electrons. The van der Waals surface area contributed by atoms with Gasteiger partial charge >= 0.3 is 5.97 Å². The van der Waals surface area contributed by atoms with E-state index in [0.717, 1.165) is 23.1 Å². The van der Waals surface area contributed by atoms with Crippen LogP contribution in [-0.2, 0) is 28.7 Å². The van der Waals surface area contributed by atoms with E-state index in [2.05, 4.69) is 53.0 Å². The van der Waals surface area contributed by atoms with Crippen molar-refractivity contribution in [3.8, 4) is 5.75 Å². The molecule has 0 amide bonds. The highest BCUT2D eigenvalue weighted by Crippen LogP contribution is 2.40. The fraction of sp³-hybridized carbons (Fsp3) is 0.519. The number of benzene rings is 2. The quantitative estimate of drug-likeness (QED) is 0.326. The summed E-state index contributed by atoms with van der Waals surface area (Å²) in [5.41, 5.74) is 2.99. The molecule has 0 heterocycles. The summed E-state index contributed by atoms with van der Waals surface area (Å²) >= 11 is 0. The lowest BCUT2D eigenvalue weighted by atomic mass is 9.93. The van der Waals surface area contributed by atoms with Crippen molar-refractivity contribution in [2.24, 2.45) is 0 Å². The summed E-state index contributed by atoms with van der Waals surface area (Å²) in [6, 6.07) is 13.0. The highest BCUT2D eigenvalue weighted by atomic mass is 28.4. The Balaban J connectivity index is 2.24. The molecule has 2 aromatic rings. The molecule has 0 saturated carbocycles. The van der Waals surface area contributed by atoms with E-state index in [1.807, 2.05) is 36.4 Å². The summed E-state index contributed by atoms with van der Waals surface area (Å²) in [4.78, 5) is 11.1. The second kappa shape index (κ2) is 11.0. The van der Waals surface area contributed by atoms with E-state index < -0.39 is 14.3 Å². The molecule has 0 fully saturated rings. The van der Waals surface area contributed by atoms with E-state index in [4.69, 9.17) is 9.53 Å². The van der Waals surface area contributed by atoms with Gasteiger partial charge in [-0.2, -0.15) is 0 Å². The van der Waals surface area contributed by atoms with Crippen LogP contribution in [-0.4, -0.2) is 41.7 Å². The average Bonchev–Trinajstić information content (AvgIpc) is 2.70. The van der Waals surface area contributed by atoms with E-state index in [-0.39, 0.29) is 35.5 Å². The lowest BCUT2D eigenvalue weighted by Gasteiger charge is -2.40. The van der Waals surface area contributed by atoms with E-state index in [1.54, 1.807) is 6.07 Å². The van der Waals surface area contributed by atoms with Crippen molar-refractivity contribution in [1.29, 1.82) is 0 Å². The van der Waals surface area contributed by atoms with Crippen LogP contribution in [0.1, 0.15) is 63.0 Å². The normalized spacial score (nSPS) is 13.6. The first-order valence-electron chi connectivity index (χ1n) is 11.8. The third-order valence-corrected chi connectivity index (χ3v) is 11.1. The minimum absolute atomic E-state index is 0.0121. The van der Waals surface area contributed by atoms with Crippen LogP contribution >= 0.6 is 0 Å². The monoisotopic (exact) mass is 487 g/mol. The first-order valence-corrected chi connectivity index (χ1v) is 14.7. The Morgan fingerprint density at radius 1 is 1.06 bits per heavy atom. The minimum atomic E-state index is -2.11. The van der Waals surface area contributed by atoms with Crippen molar-refractivity contribution in [1.82, 2.24) is 5.32 Å². The average molecular weight is 488 g/mol. The van der Waals surface area contributed by atoms with Crippen molar-refractivity contribution < 1.29 is 24.5 Å².